The Labute approximate surface area is 326 Å². The maximum Gasteiger partial charge on any atom is 0.242 e. The molecule has 0 aromatic heterocycles. The Morgan fingerprint density at radius 2 is 1.50 bits per heavy atom. The summed E-state index contributed by atoms with van der Waals surface area (Å²) in [6.45, 7) is 18.2. The average molecular weight is 773 g/mol. The van der Waals surface area contributed by atoms with Crippen molar-refractivity contribution in [3.8, 4) is 0 Å². The SMILES string of the molecule is CC.CCC.CCC(C)C(C(CC(=O)N1CCCC1C(OC)C(C)C(=O)N[C@@H](C)C(=O)NCCOCCN(C)C)OC)N(C)C(=O)CN.O=C/C=C\C=O. The van der Waals surface area contributed by atoms with Crippen LogP contribution in [0.5, 0.6) is 0 Å². The first-order chi connectivity index (χ1) is 25.7. The largest absolute Gasteiger partial charge is 0.379 e. The van der Waals surface area contributed by atoms with Gasteiger partial charge in [-0.1, -0.05) is 61.3 Å². The van der Waals surface area contributed by atoms with Gasteiger partial charge in [0.15, 0.2) is 0 Å². The highest BCUT2D eigenvalue weighted by atomic mass is 16.5. The number of nitrogens with two attached hydrogens (primary N) is 1. The van der Waals surface area contributed by atoms with Gasteiger partial charge in [0.25, 0.3) is 0 Å². The number of carbonyl (C=O) groups is 6. The van der Waals surface area contributed by atoms with Crippen molar-refractivity contribution in [1.29, 1.82) is 0 Å². The molecule has 15 nitrogen and oxygen atoms in total. The van der Waals surface area contributed by atoms with Crippen molar-refractivity contribution in [2.75, 3.05) is 74.8 Å². The van der Waals surface area contributed by atoms with Gasteiger partial charge in [0.05, 0.1) is 56.4 Å². The number of nitrogens with zero attached hydrogens (tertiary/aromatic N) is 3. The molecular formula is C39H76N6O9. The fourth-order valence-corrected chi connectivity index (χ4v) is 5.72. The highest BCUT2D eigenvalue weighted by molar-refractivity contribution is 5.88. The molecule has 1 rings (SSSR count). The number of allylic oxidation sites excluding steroid dienone is 2. The summed E-state index contributed by atoms with van der Waals surface area (Å²) in [7, 11) is 8.70. The van der Waals surface area contributed by atoms with E-state index >= 15 is 0 Å². The number of aldehydes is 2. The third-order valence-corrected chi connectivity index (χ3v) is 8.73. The predicted octanol–water partition coefficient (Wildman–Crippen LogP) is 2.45. The minimum atomic E-state index is -0.747. The summed E-state index contributed by atoms with van der Waals surface area (Å²) in [5.74, 6) is -1.50. The second-order valence-corrected chi connectivity index (χ2v) is 13.1. The molecule has 0 radical (unpaired) electrons. The van der Waals surface area contributed by atoms with Crippen LogP contribution in [0.2, 0.25) is 0 Å². The van der Waals surface area contributed by atoms with Crippen molar-refractivity contribution < 1.29 is 43.0 Å². The summed E-state index contributed by atoms with van der Waals surface area (Å²) in [5, 5.41) is 5.56. The van der Waals surface area contributed by atoms with Gasteiger partial charge in [-0.25, -0.2) is 0 Å². The lowest BCUT2D eigenvalue weighted by Gasteiger charge is -2.39. The van der Waals surface area contributed by atoms with Crippen molar-refractivity contribution in [2.45, 2.75) is 118 Å². The van der Waals surface area contributed by atoms with E-state index in [1.165, 1.54) is 13.5 Å². The van der Waals surface area contributed by atoms with Crippen LogP contribution in [0.15, 0.2) is 12.2 Å². The van der Waals surface area contributed by atoms with Gasteiger partial charge in [-0.3, -0.25) is 28.8 Å². The number of hydrogen-bond donors (Lipinski definition) is 3. The van der Waals surface area contributed by atoms with Gasteiger partial charge in [0.1, 0.15) is 18.6 Å². The van der Waals surface area contributed by atoms with Crippen molar-refractivity contribution in [1.82, 2.24) is 25.3 Å². The molecule has 0 bridgehead atoms. The van der Waals surface area contributed by atoms with E-state index in [9.17, 15) is 28.8 Å². The molecule has 0 aromatic rings. The van der Waals surface area contributed by atoms with E-state index in [2.05, 4.69) is 24.5 Å². The van der Waals surface area contributed by atoms with Crippen LogP contribution in [0, 0.1) is 11.8 Å². The van der Waals surface area contributed by atoms with E-state index in [1.807, 2.05) is 46.7 Å². The molecule has 54 heavy (non-hydrogen) atoms. The number of likely N-dealkylation sites (N-methyl/N-ethyl adjacent to an activating group) is 2. The molecule has 1 aliphatic heterocycles. The first kappa shape index (κ1) is 55.1. The zero-order valence-electron chi connectivity index (χ0n) is 35.7. The first-order valence-corrected chi connectivity index (χ1v) is 19.3. The monoisotopic (exact) mass is 773 g/mol. The van der Waals surface area contributed by atoms with Gasteiger partial charge in [-0.05, 0) is 51.9 Å². The number of methoxy groups -OCH3 is 2. The van der Waals surface area contributed by atoms with E-state index in [0.29, 0.717) is 45.3 Å². The highest BCUT2D eigenvalue weighted by Crippen LogP contribution is 2.29. The molecule has 0 saturated carbocycles. The smallest absolute Gasteiger partial charge is 0.242 e. The first-order valence-electron chi connectivity index (χ1n) is 19.3. The van der Waals surface area contributed by atoms with Gasteiger partial charge < -0.3 is 45.3 Å². The molecule has 0 spiro atoms. The van der Waals surface area contributed by atoms with Crippen LogP contribution in [0.25, 0.3) is 0 Å². The average Bonchev–Trinajstić information content (AvgIpc) is 3.65. The molecule has 6 unspecified atom stereocenters. The molecule has 1 aliphatic rings. The van der Waals surface area contributed by atoms with Crippen LogP contribution >= 0.6 is 0 Å². The molecular weight excluding hydrogens is 696 g/mol. The third kappa shape index (κ3) is 22.2. The normalized spacial score (nSPS) is 16.8. The molecule has 0 aliphatic carbocycles. The van der Waals surface area contributed by atoms with E-state index in [1.54, 1.807) is 37.8 Å². The second-order valence-electron chi connectivity index (χ2n) is 13.1. The van der Waals surface area contributed by atoms with Crippen molar-refractivity contribution in [3.63, 3.8) is 0 Å². The summed E-state index contributed by atoms with van der Waals surface area (Å²) in [4.78, 5) is 75.9. The van der Waals surface area contributed by atoms with Gasteiger partial charge >= 0.3 is 0 Å². The standard InChI is InChI=1S/C30H58N6O7.C4H4O2.C3H8.C2H6/c1-10-20(2)27(35(7)26(38)19-31)24(41-8)18-25(37)36-14-11-12-23(36)28(42-9)21(3)29(39)33-22(4)30(40)32-13-16-43-17-15-34(5)6;5-3-1-2-4-6;1-3-2;1-2/h20-24,27-28H,10-19,31H2,1-9H3,(H,32,40)(H,33,39);1-4H;3H2,1-2H3;1-2H3/b;2-1-;;/t20?,21?,22-,23?,24?,27?,28?;;;/m0.../s1. The molecule has 15 heteroatoms. The molecule has 1 heterocycles. The van der Waals surface area contributed by atoms with Gasteiger partial charge in [0.2, 0.25) is 23.6 Å². The van der Waals surface area contributed by atoms with Crippen molar-refractivity contribution >= 4 is 36.2 Å². The van der Waals surface area contributed by atoms with Crippen LogP contribution in [0.1, 0.15) is 87.5 Å². The fourth-order valence-electron chi connectivity index (χ4n) is 5.72. The van der Waals surface area contributed by atoms with Gasteiger partial charge in [-0.2, -0.15) is 0 Å². The molecule has 1 fully saturated rings. The molecule has 316 valence electrons. The number of nitrogens with one attached hydrogen (secondary N) is 2. The Hall–Kier alpha value is -3.24. The number of ether oxygens (including phenoxy) is 3. The number of hydrogen-bond acceptors (Lipinski definition) is 11. The lowest BCUT2D eigenvalue weighted by molar-refractivity contribution is -0.145. The van der Waals surface area contributed by atoms with Crippen LogP contribution < -0.4 is 16.4 Å². The Morgan fingerprint density at radius 3 is 1.96 bits per heavy atom. The molecule has 7 atom stereocenters. The molecule has 0 aromatic carbocycles. The topological polar surface area (TPSA) is 190 Å². The zero-order valence-corrected chi connectivity index (χ0v) is 35.7. The van der Waals surface area contributed by atoms with Crippen LogP contribution in [0.4, 0.5) is 0 Å². The summed E-state index contributed by atoms with van der Waals surface area (Å²) in [6.07, 6.45) is 5.86. The Morgan fingerprint density at radius 1 is 0.926 bits per heavy atom. The van der Waals surface area contributed by atoms with Crippen LogP contribution in [0.3, 0.4) is 0 Å². The predicted molar refractivity (Wildman–Crippen MR) is 214 cm³/mol. The van der Waals surface area contributed by atoms with E-state index in [-0.39, 0.29) is 54.6 Å². The summed E-state index contributed by atoms with van der Waals surface area (Å²) < 4.78 is 17.1. The van der Waals surface area contributed by atoms with Gasteiger partial charge in [0, 0.05) is 40.9 Å². The molecule has 1 saturated heterocycles. The van der Waals surface area contributed by atoms with E-state index in [4.69, 9.17) is 19.9 Å². The Bertz CT molecular complexity index is 1050. The Balaban J connectivity index is -0.00000208. The summed E-state index contributed by atoms with van der Waals surface area (Å²) in [5.41, 5.74) is 5.62. The second kappa shape index (κ2) is 34.3. The van der Waals surface area contributed by atoms with Crippen molar-refractivity contribution in [2.24, 2.45) is 17.6 Å². The minimum absolute atomic E-state index is 0.0806. The number of carbonyl (C=O) groups excluding carboxylic acids is 6. The zero-order chi connectivity index (χ0) is 42.2. The van der Waals surface area contributed by atoms with Crippen LogP contribution in [-0.2, 0) is 43.0 Å². The van der Waals surface area contributed by atoms with Gasteiger partial charge in [-0.15, -0.1) is 0 Å². The van der Waals surface area contributed by atoms with Crippen LogP contribution in [-0.4, -0.2) is 156 Å². The Kier molecular flexibility index (Phi) is 35.0. The lowest BCUT2D eigenvalue weighted by Crippen LogP contribution is -2.54. The maximum atomic E-state index is 13.7. The maximum absolute atomic E-state index is 13.7. The number of rotatable bonds is 22. The van der Waals surface area contributed by atoms with E-state index < -0.39 is 24.2 Å². The molecule has 4 N–H and O–H groups in total. The van der Waals surface area contributed by atoms with Crippen molar-refractivity contribution in [3.05, 3.63) is 12.2 Å². The fraction of sp³-hybridized carbons (Fsp3) is 0.795. The summed E-state index contributed by atoms with van der Waals surface area (Å²) >= 11 is 0. The number of amides is 4. The minimum Gasteiger partial charge on any atom is -0.379 e. The lowest BCUT2D eigenvalue weighted by atomic mass is 9.90. The molecule has 4 amide bonds. The summed E-state index contributed by atoms with van der Waals surface area (Å²) in [6, 6.07) is -1.38. The quantitative estimate of drug-likeness (QED) is 0.0833. The number of likely N-dealkylation sites (tertiary alicyclic amines) is 1. The third-order valence-electron chi connectivity index (χ3n) is 8.73. The highest BCUT2D eigenvalue weighted by Gasteiger charge is 2.42. The van der Waals surface area contributed by atoms with E-state index in [0.717, 1.165) is 31.5 Å².